The summed E-state index contributed by atoms with van der Waals surface area (Å²) >= 11 is 0. The van der Waals surface area contributed by atoms with E-state index in [4.69, 9.17) is 4.74 Å². The topological polar surface area (TPSA) is 95.6 Å². The second-order valence-electron chi connectivity index (χ2n) is 8.03. The maximum atomic E-state index is 12.6. The van der Waals surface area contributed by atoms with E-state index in [1.54, 1.807) is 27.4 Å². The van der Waals surface area contributed by atoms with Crippen molar-refractivity contribution < 1.29 is 14.3 Å². The number of piperidine rings is 1. The number of hydrogen-bond acceptors (Lipinski definition) is 6. The number of aromatic nitrogens is 1. The van der Waals surface area contributed by atoms with Crippen LogP contribution in [-0.4, -0.2) is 51.1 Å². The maximum Gasteiger partial charge on any atom is 0.254 e. The van der Waals surface area contributed by atoms with E-state index in [1.807, 2.05) is 42.5 Å². The van der Waals surface area contributed by atoms with Crippen LogP contribution in [-0.2, 0) is 4.79 Å². The summed E-state index contributed by atoms with van der Waals surface area (Å²) in [5, 5.41) is 9.69. The molecule has 0 bridgehead atoms. The standard InChI is InChI=1S/C25H29N5O3/c1-26-24(31)16-9-11-30(12-10-16)21-13-18-20(14-22(21)33-3)28-15-19(25(32)27-2)23(18)29-17-7-5-4-6-8-17/h4-8,13-16H,9-12H2,1-3H3,(H,26,31)(H,27,32)(H,28,29). The molecule has 33 heavy (non-hydrogen) atoms. The van der Waals surface area contributed by atoms with Gasteiger partial charge in [0.15, 0.2) is 0 Å². The summed E-state index contributed by atoms with van der Waals surface area (Å²) in [6.45, 7) is 1.48. The molecule has 3 N–H and O–H groups in total. The van der Waals surface area contributed by atoms with Gasteiger partial charge in [0.25, 0.3) is 5.91 Å². The van der Waals surface area contributed by atoms with Crippen molar-refractivity contribution in [3.05, 3.63) is 54.2 Å². The van der Waals surface area contributed by atoms with E-state index in [-0.39, 0.29) is 17.7 Å². The molecule has 0 saturated carbocycles. The molecule has 2 aromatic carbocycles. The Hall–Kier alpha value is -3.81. The molecule has 2 amide bonds. The lowest BCUT2D eigenvalue weighted by molar-refractivity contribution is -0.125. The fourth-order valence-electron chi connectivity index (χ4n) is 4.31. The molecule has 172 valence electrons. The molecule has 1 aliphatic rings. The zero-order valence-electron chi connectivity index (χ0n) is 19.1. The molecule has 1 fully saturated rings. The minimum Gasteiger partial charge on any atom is -0.495 e. The number of amides is 2. The van der Waals surface area contributed by atoms with Gasteiger partial charge in [-0.15, -0.1) is 0 Å². The number of carbonyl (C=O) groups is 2. The first-order valence-electron chi connectivity index (χ1n) is 11.1. The highest BCUT2D eigenvalue weighted by atomic mass is 16.5. The number of carbonyl (C=O) groups excluding carboxylic acids is 2. The van der Waals surface area contributed by atoms with Crippen LogP contribution in [0.5, 0.6) is 5.75 Å². The van der Waals surface area contributed by atoms with Crippen molar-refractivity contribution in [2.75, 3.05) is 44.5 Å². The molecular weight excluding hydrogens is 418 g/mol. The summed E-state index contributed by atoms with van der Waals surface area (Å²) in [4.78, 5) is 31.5. The monoisotopic (exact) mass is 447 g/mol. The number of nitrogens with one attached hydrogen (secondary N) is 3. The molecule has 0 atom stereocenters. The number of fused-ring (bicyclic) bond motifs is 1. The van der Waals surface area contributed by atoms with Gasteiger partial charge in [0, 0.05) is 56.4 Å². The lowest BCUT2D eigenvalue weighted by atomic mass is 9.95. The number of benzene rings is 2. The molecule has 2 heterocycles. The zero-order chi connectivity index (χ0) is 23.4. The third kappa shape index (κ3) is 4.55. The van der Waals surface area contributed by atoms with Crippen LogP contribution in [0.15, 0.2) is 48.7 Å². The largest absolute Gasteiger partial charge is 0.495 e. The molecule has 1 saturated heterocycles. The molecule has 8 heteroatoms. The predicted octanol–water partition coefficient (Wildman–Crippen LogP) is 3.31. The number of para-hydroxylation sites is 1. The van der Waals surface area contributed by atoms with Crippen molar-refractivity contribution in [1.29, 1.82) is 0 Å². The van der Waals surface area contributed by atoms with Crippen molar-refractivity contribution in [2.24, 2.45) is 5.92 Å². The quantitative estimate of drug-likeness (QED) is 0.537. The minimum absolute atomic E-state index is 0.0227. The number of anilines is 3. The summed E-state index contributed by atoms with van der Waals surface area (Å²) in [6.07, 6.45) is 3.12. The van der Waals surface area contributed by atoms with E-state index in [0.717, 1.165) is 48.2 Å². The highest BCUT2D eigenvalue weighted by molar-refractivity contribution is 6.09. The van der Waals surface area contributed by atoms with E-state index in [0.29, 0.717) is 17.0 Å². The Bertz CT molecular complexity index is 1160. The van der Waals surface area contributed by atoms with Gasteiger partial charge in [-0.2, -0.15) is 0 Å². The molecule has 0 spiro atoms. The number of rotatable bonds is 6. The first-order chi connectivity index (χ1) is 16.0. The van der Waals surface area contributed by atoms with Crippen LogP contribution in [0.4, 0.5) is 17.1 Å². The Kier molecular flexibility index (Phi) is 6.63. The van der Waals surface area contributed by atoms with Gasteiger partial charge in [-0.25, -0.2) is 0 Å². The van der Waals surface area contributed by atoms with Crippen molar-refractivity contribution in [3.8, 4) is 5.75 Å². The van der Waals surface area contributed by atoms with Crippen molar-refractivity contribution in [1.82, 2.24) is 15.6 Å². The number of ether oxygens (including phenoxy) is 1. The Morgan fingerprint density at radius 1 is 1.06 bits per heavy atom. The van der Waals surface area contributed by atoms with Gasteiger partial charge in [-0.1, -0.05) is 18.2 Å². The Labute approximate surface area is 193 Å². The number of methoxy groups -OCH3 is 1. The summed E-state index contributed by atoms with van der Waals surface area (Å²) in [7, 11) is 4.93. The molecule has 0 aliphatic carbocycles. The van der Waals surface area contributed by atoms with Crippen LogP contribution < -0.4 is 25.6 Å². The SMILES string of the molecule is CNC(=O)c1cnc2cc(OC)c(N3CCC(C(=O)NC)CC3)cc2c1Nc1ccccc1. The highest BCUT2D eigenvalue weighted by Gasteiger charge is 2.26. The average molecular weight is 448 g/mol. The molecule has 0 radical (unpaired) electrons. The molecule has 1 aliphatic heterocycles. The van der Waals surface area contributed by atoms with E-state index >= 15 is 0 Å². The molecule has 0 unspecified atom stereocenters. The van der Waals surface area contributed by atoms with Gasteiger partial charge in [-0.05, 0) is 31.0 Å². The average Bonchev–Trinajstić information content (AvgIpc) is 2.87. The van der Waals surface area contributed by atoms with Gasteiger partial charge in [0.1, 0.15) is 5.75 Å². The smallest absolute Gasteiger partial charge is 0.254 e. The van der Waals surface area contributed by atoms with Crippen molar-refractivity contribution >= 4 is 39.8 Å². The number of pyridine rings is 1. The summed E-state index contributed by atoms with van der Waals surface area (Å²) < 4.78 is 5.70. The fourth-order valence-corrected chi connectivity index (χ4v) is 4.31. The number of nitrogens with zero attached hydrogens (tertiary/aromatic N) is 2. The Morgan fingerprint density at radius 3 is 2.42 bits per heavy atom. The van der Waals surface area contributed by atoms with E-state index in [9.17, 15) is 9.59 Å². The van der Waals surface area contributed by atoms with Crippen LogP contribution in [0.2, 0.25) is 0 Å². The highest BCUT2D eigenvalue weighted by Crippen LogP contribution is 2.39. The predicted molar refractivity (Wildman–Crippen MR) is 130 cm³/mol. The number of hydrogen-bond donors (Lipinski definition) is 3. The van der Waals surface area contributed by atoms with Gasteiger partial charge in [0.05, 0.1) is 29.6 Å². The first kappa shape index (κ1) is 22.4. The molecule has 3 aromatic rings. The van der Waals surface area contributed by atoms with Crippen molar-refractivity contribution in [2.45, 2.75) is 12.8 Å². The van der Waals surface area contributed by atoms with Gasteiger partial charge < -0.3 is 25.6 Å². The van der Waals surface area contributed by atoms with Gasteiger partial charge in [0.2, 0.25) is 5.91 Å². The van der Waals surface area contributed by atoms with Crippen LogP contribution >= 0.6 is 0 Å². The summed E-state index contributed by atoms with van der Waals surface area (Å²) in [6, 6.07) is 13.7. The van der Waals surface area contributed by atoms with Crippen molar-refractivity contribution in [3.63, 3.8) is 0 Å². The third-order valence-electron chi connectivity index (χ3n) is 6.14. The van der Waals surface area contributed by atoms with E-state index in [1.165, 1.54) is 0 Å². The second-order valence-corrected chi connectivity index (χ2v) is 8.03. The zero-order valence-corrected chi connectivity index (χ0v) is 19.1. The first-order valence-corrected chi connectivity index (χ1v) is 11.1. The molecule has 1 aromatic heterocycles. The van der Waals surface area contributed by atoms with E-state index < -0.39 is 0 Å². The lowest BCUT2D eigenvalue weighted by Crippen LogP contribution is -2.39. The molecule has 4 rings (SSSR count). The van der Waals surface area contributed by atoms with Crippen LogP contribution in [0.25, 0.3) is 10.9 Å². The Morgan fingerprint density at radius 2 is 1.79 bits per heavy atom. The maximum absolute atomic E-state index is 12.6. The molecular formula is C25H29N5O3. The summed E-state index contributed by atoms with van der Waals surface area (Å²) in [5.41, 5.74) is 3.67. The van der Waals surface area contributed by atoms with Crippen LogP contribution in [0, 0.1) is 5.92 Å². The Balaban J connectivity index is 1.79. The normalized spacial score (nSPS) is 14.1. The fraction of sp³-hybridized carbons (Fsp3) is 0.320. The van der Waals surface area contributed by atoms with Gasteiger partial charge in [-0.3, -0.25) is 14.6 Å². The molecule has 8 nitrogen and oxygen atoms in total. The third-order valence-corrected chi connectivity index (χ3v) is 6.14. The lowest BCUT2D eigenvalue weighted by Gasteiger charge is -2.34. The summed E-state index contributed by atoms with van der Waals surface area (Å²) in [5.74, 6) is 0.613. The second kappa shape index (κ2) is 9.77. The van der Waals surface area contributed by atoms with Gasteiger partial charge >= 0.3 is 0 Å². The van der Waals surface area contributed by atoms with Crippen LogP contribution in [0.3, 0.4) is 0 Å². The minimum atomic E-state index is -0.216. The van der Waals surface area contributed by atoms with Crippen LogP contribution in [0.1, 0.15) is 23.2 Å². The van der Waals surface area contributed by atoms with E-state index in [2.05, 4.69) is 25.8 Å².